The summed E-state index contributed by atoms with van der Waals surface area (Å²) in [5.74, 6) is 0.192. The summed E-state index contributed by atoms with van der Waals surface area (Å²) in [4.78, 5) is 13.2. The molecule has 0 saturated carbocycles. The maximum Gasteiger partial charge on any atom is 0.219 e. The second kappa shape index (κ2) is 6.53. The van der Waals surface area contributed by atoms with Crippen LogP contribution in [0.4, 0.5) is 0 Å². The van der Waals surface area contributed by atoms with Gasteiger partial charge in [0.05, 0.1) is 0 Å². The summed E-state index contributed by atoms with van der Waals surface area (Å²) in [5.41, 5.74) is 1.29. The van der Waals surface area contributed by atoms with Gasteiger partial charge in [-0.15, -0.1) is 0 Å². The maximum atomic E-state index is 11.3. The van der Waals surface area contributed by atoms with Gasteiger partial charge in [0, 0.05) is 36.6 Å². The van der Waals surface area contributed by atoms with E-state index in [1.165, 1.54) is 5.56 Å². The Bertz CT molecular complexity index is 442. The molecule has 1 atom stereocenters. The van der Waals surface area contributed by atoms with Crippen LogP contribution in [-0.2, 0) is 4.79 Å². The number of carbonyl (C=O) groups is 1. The Morgan fingerprint density at radius 2 is 2.00 bits per heavy atom. The van der Waals surface area contributed by atoms with Crippen LogP contribution in [0.1, 0.15) is 38.3 Å². The standard InChI is InChI=1S/C15H21BrN2O/c1-11(14-5-3-4-6-15(14)16)17-13-7-9-18(10-8-13)12(2)19/h3-6,11,13,17H,7-10H2,1-2H3. The van der Waals surface area contributed by atoms with Gasteiger partial charge in [-0.3, -0.25) is 4.79 Å². The quantitative estimate of drug-likeness (QED) is 0.926. The molecule has 1 aromatic carbocycles. The molecule has 1 saturated heterocycles. The molecule has 0 aliphatic carbocycles. The minimum Gasteiger partial charge on any atom is -0.343 e. The molecule has 0 spiro atoms. The van der Waals surface area contributed by atoms with Crippen molar-refractivity contribution >= 4 is 21.8 Å². The SMILES string of the molecule is CC(=O)N1CCC(NC(C)c2ccccc2Br)CC1. The summed E-state index contributed by atoms with van der Waals surface area (Å²) in [6, 6.07) is 9.14. The fourth-order valence-corrected chi connectivity index (χ4v) is 3.26. The molecule has 0 aromatic heterocycles. The number of piperidine rings is 1. The molecule has 1 fully saturated rings. The van der Waals surface area contributed by atoms with Gasteiger partial charge in [-0.1, -0.05) is 34.1 Å². The Kier molecular flexibility index (Phi) is 4.99. The summed E-state index contributed by atoms with van der Waals surface area (Å²) in [6.07, 6.45) is 2.07. The summed E-state index contributed by atoms with van der Waals surface area (Å²) in [7, 11) is 0. The normalized spacial score (nSPS) is 18.4. The lowest BCUT2D eigenvalue weighted by Gasteiger charge is -2.33. The minimum absolute atomic E-state index is 0.192. The lowest BCUT2D eigenvalue weighted by atomic mass is 10.0. The van der Waals surface area contributed by atoms with E-state index in [9.17, 15) is 4.79 Å². The van der Waals surface area contributed by atoms with Crippen molar-refractivity contribution < 1.29 is 4.79 Å². The van der Waals surface area contributed by atoms with Gasteiger partial charge in [-0.2, -0.15) is 0 Å². The van der Waals surface area contributed by atoms with Crippen molar-refractivity contribution in [3.05, 3.63) is 34.3 Å². The van der Waals surface area contributed by atoms with Gasteiger partial charge in [0.2, 0.25) is 5.91 Å². The van der Waals surface area contributed by atoms with Crippen LogP contribution in [0.2, 0.25) is 0 Å². The van der Waals surface area contributed by atoms with Crippen LogP contribution in [0.5, 0.6) is 0 Å². The molecule has 1 unspecified atom stereocenters. The number of amides is 1. The predicted molar refractivity (Wildman–Crippen MR) is 81.0 cm³/mol. The first-order chi connectivity index (χ1) is 9.08. The van der Waals surface area contributed by atoms with Gasteiger partial charge in [0.15, 0.2) is 0 Å². The number of likely N-dealkylation sites (tertiary alicyclic amines) is 1. The number of carbonyl (C=O) groups excluding carboxylic acids is 1. The van der Waals surface area contributed by atoms with Crippen LogP contribution >= 0.6 is 15.9 Å². The van der Waals surface area contributed by atoms with Gasteiger partial charge in [-0.05, 0) is 31.4 Å². The Labute approximate surface area is 123 Å². The zero-order chi connectivity index (χ0) is 13.8. The van der Waals surface area contributed by atoms with Gasteiger partial charge >= 0.3 is 0 Å². The molecule has 3 nitrogen and oxygen atoms in total. The average molecular weight is 325 g/mol. The fourth-order valence-electron chi connectivity index (χ4n) is 2.63. The summed E-state index contributed by atoms with van der Waals surface area (Å²) >= 11 is 3.60. The van der Waals surface area contributed by atoms with E-state index in [1.54, 1.807) is 6.92 Å². The van der Waals surface area contributed by atoms with Crippen molar-refractivity contribution in [1.29, 1.82) is 0 Å². The Morgan fingerprint density at radius 1 is 1.37 bits per heavy atom. The molecular weight excluding hydrogens is 304 g/mol. The van der Waals surface area contributed by atoms with Crippen LogP contribution in [0.25, 0.3) is 0 Å². The van der Waals surface area contributed by atoms with E-state index in [0.717, 1.165) is 30.4 Å². The molecular formula is C15H21BrN2O. The molecule has 1 aromatic rings. The molecule has 1 N–H and O–H groups in total. The molecule has 1 aliphatic rings. The third-order valence-electron chi connectivity index (χ3n) is 3.80. The van der Waals surface area contributed by atoms with Gasteiger partial charge in [0.25, 0.3) is 0 Å². The third-order valence-corrected chi connectivity index (χ3v) is 4.52. The highest BCUT2D eigenvalue weighted by Crippen LogP contribution is 2.24. The van der Waals surface area contributed by atoms with E-state index < -0.39 is 0 Å². The molecule has 0 radical (unpaired) electrons. The van der Waals surface area contributed by atoms with Gasteiger partial charge in [-0.25, -0.2) is 0 Å². The largest absolute Gasteiger partial charge is 0.343 e. The molecule has 104 valence electrons. The van der Waals surface area contributed by atoms with E-state index in [1.807, 2.05) is 11.0 Å². The Balaban J connectivity index is 1.89. The highest BCUT2D eigenvalue weighted by Gasteiger charge is 2.22. The topological polar surface area (TPSA) is 32.3 Å². The fraction of sp³-hybridized carbons (Fsp3) is 0.533. The molecule has 4 heteroatoms. The monoisotopic (exact) mass is 324 g/mol. The molecule has 1 amide bonds. The Morgan fingerprint density at radius 3 is 2.58 bits per heavy atom. The number of halogens is 1. The molecule has 1 heterocycles. The zero-order valence-corrected chi connectivity index (χ0v) is 13.1. The van der Waals surface area contributed by atoms with Crippen molar-refractivity contribution in [2.45, 2.75) is 38.8 Å². The van der Waals surface area contributed by atoms with Gasteiger partial charge in [0.1, 0.15) is 0 Å². The van der Waals surface area contributed by atoms with Crippen molar-refractivity contribution in [2.24, 2.45) is 0 Å². The number of nitrogens with one attached hydrogen (secondary N) is 1. The van der Waals surface area contributed by atoms with E-state index >= 15 is 0 Å². The molecule has 2 rings (SSSR count). The van der Waals surface area contributed by atoms with Crippen LogP contribution in [-0.4, -0.2) is 29.9 Å². The number of benzene rings is 1. The van der Waals surface area contributed by atoms with Crippen LogP contribution < -0.4 is 5.32 Å². The summed E-state index contributed by atoms with van der Waals surface area (Å²) in [5, 5.41) is 3.67. The van der Waals surface area contributed by atoms with Crippen LogP contribution in [0.15, 0.2) is 28.7 Å². The van der Waals surface area contributed by atoms with E-state index in [-0.39, 0.29) is 5.91 Å². The minimum atomic E-state index is 0.192. The molecule has 1 aliphatic heterocycles. The third kappa shape index (κ3) is 3.80. The van der Waals surface area contributed by atoms with Crippen LogP contribution in [0, 0.1) is 0 Å². The lowest BCUT2D eigenvalue weighted by Crippen LogP contribution is -2.44. The van der Waals surface area contributed by atoms with Crippen molar-refractivity contribution in [3.63, 3.8) is 0 Å². The maximum absolute atomic E-state index is 11.3. The van der Waals surface area contributed by atoms with E-state index in [0.29, 0.717) is 12.1 Å². The second-order valence-corrected chi connectivity index (χ2v) is 6.04. The van der Waals surface area contributed by atoms with E-state index in [4.69, 9.17) is 0 Å². The number of rotatable bonds is 3. The Hall–Kier alpha value is -0.870. The second-order valence-electron chi connectivity index (χ2n) is 5.19. The molecule has 19 heavy (non-hydrogen) atoms. The first-order valence-corrected chi connectivity index (χ1v) is 7.63. The lowest BCUT2D eigenvalue weighted by molar-refractivity contribution is -0.129. The number of hydrogen-bond acceptors (Lipinski definition) is 2. The smallest absolute Gasteiger partial charge is 0.219 e. The molecule has 0 bridgehead atoms. The number of nitrogens with zero attached hydrogens (tertiary/aromatic N) is 1. The van der Waals surface area contributed by atoms with Crippen LogP contribution in [0.3, 0.4) is 0 Å². The van der Waals surface area contributed by atoms with Gasteiger partial charge < -0.3 is 10.2 Å². The highest BCUT2D eigenvalue weighted by atomic mass is 79.9. The zero-order valence-electron chi connectivity index (χ0n) is 11.5. The first-order valence-electron chi connectivity index (χ1n) is 6.84. The van der Waals surface area contributed by atoms with Crippen molar-refractivity contribution in [3.8, 4) is 0 Å². The average Bonchev–Trinajstić information content (AvgIpc) is 2.39. The van der Waals surface area contributed by atoms with E-state index in [2.05, 4.69) is 46.4 Å². The summed E-state index contributed by atoms with van der Waals surface area (Å²) in [6.45, 7) is 5.58. The predicted octanol–water partition coefficient (Wildman–Crippen LogP) is 3.11. The highest BCUT2D eigenvalue weighted by molar-refractivity contribution is 9.10. The number of hydrogen-bond donors (Lipinski definition) is 1. The van der Waals surface area contributed by atoms with Crippen molar-refractivity contribution in [2.75, 3.05) is 13.1 Å². The van der Waals surface area contributed by atoms with Crippen molar-refractivity contribution in [1.82, 2.24) is 10.2 Å². The summed E-state index contributed by atoms with van der Waals surface area (Å²) < 4.78 is 1.15. The first kappa shape index (κ1) is 14.5.